The Morgan fingerprint density at radius 2 is 2.18 bits per heavy atom. The van der Waals surface area contributed by atoms with E-state index in [-0.39, 0.29) is 0 Å². The minimum atomic E-state index is 0.660. The van der Waals surface area contributed by atoms with Gasteiger partial charge in [-0.2, -0.15) is 0 Å². The third kappa shape index (κ3) is 3.97. The van der Waals surface area contributed by atoms with Gasteiger partial charge in [0.15, 0.2) is 0 Å². The molecule has 2 rings (SSSR count). The van der Waals surface area contributed by atoms with Crippen molar-refractivity contribution in [3.63, 3.8) is 0 Å². The quantitative estimate of drug-likeness (QED) is 0.820. The molecule has 1 aliphatic carbocycles. The summed E-state index contributed by atoms with van der Waals surface area (Å²) in [5, 5.41) is 3.23. The molecule has 4 heteroatoms. The van der Waals surface area contributed by atoms with Crippen LogP contribution in [0.2, 0.25) is 0 Å². The lowest BCUT2D eigenvalue weighted by molar-refractivity contribution is 0.242. The predicted octanol–water partition coefficient (Wildman–Crippen LogP) is 2.16. The fraction of sp³-hybridized carbons (Fsp3) is 0.692. The summed E-state index contributed by atoms with van der Waals surface area (Å²) < 4.78 is 5.71. The van der Waals surface area contributed by atoms with E-state index in [1.807, 2.05) is 0 Å². The summed E-state index contributed by atoms with van der Waals surface area (Å²) in [5.41, 5.74) is 0.941. The molecule has 0 atom stereocenters. The topological polar surface area (TPSA) is 47.0 Å². The van der Waals surface area contributed by atoms with Crippen molar-refractivity contribution in [1.29, 1.82) is 0 Å². The maximum Gasteiger partial charge on any atom is 0.232 e. The molecule has 0 radical (unpaired) electrons. The third-order valence-electron chi connectivity index (χ3n) is 3.16. The summed E-state index contributed by atoms with van der Waals surface area (Å²) in [4.78, 5) is 8.58. The van der Waals surface area contributed by atoms with E-state index >= 15 is 0 Å². The predicted molar refractivity (Wildman–Crippen MR) is 66.9 cm³/mol. The lowest BCUT2D eigenvalue weighted by atomic mass is 10.1. The van der Waals surface area contributed by atoms with Crippen LogP contribution in [0.1, 0.15) is 38.3 Å². The van der Waals surface area contributed by atoms with Gasteiger partial charge in [-0.25, -0.2) is 4.98 Å². The highest BCUT2D eigenvalue weighted by molar-refractivity contribution is 5.08. The van der Waals surface area contributed by atoms with Crippen LogP contribution in [-0.2, 0) is 6.54 Å². The molecule has 0 bridgehead atoms. The van der Waals surface area contributed by atoms with Crippen LogP contribution in [0.3, 0.4) is 0 Å². The number of aromatic nitrogens is 2. The molecule has 1 aromatic heterocycles. The highest BCUT2D eigenvalue weighted by atomic mass is 16.5. The van der Waals surface area contributed by atoms with E-state index in [4.69, 9.17) is 4.74 Å². The fourth-order valence-electron chi connectivity index (χ4n) is 2.17. The maximum atomic E-state index is 5.71. The molecule has 0 spiro atoms. The number of nitrogens with one attached hydrogen (secondary N) is 1. The number of hydrogen-bond donors (Lipinski definition) is 1. The van der Waals surface area contributed by atoms with Crippen molar-refractivity contribution in [2.45, 2.75) is 39.2 Å². The van der Waals surface area contributed by atoms with Crippen LogP contribution in [0.15, 0.2) is 12.4 Å². The van der Waals surface area contributed by atoms with Gasteiger partial charge in [-0.05, 0) is 25.3 Å². The van der Waals surface area contributed by atoms with Gasteiger partial charge >= 0.3 is 0 Å². The van der Waals surface area contributed by atoms with E-state index in [1.54, 1.807) is 12.4 Å². The first-order chi connectivity index (χ1) is 8.38. The zero-order chi connectivity index (χ0) is 11.9. The molecule has 4 nitrogen and oxygen atoms in total. The minimum absolute atomic E-state index is 0.660. The van der Waals surface area contributed by atoms with Gasteiger partial charge in [0, 0.05) is 12.7 Å². The van der Waals surface area contributed by atoms with Crippen LogP contribution in [0.5, 0.6) is 5.88 Å². The number of ether oxygens (including phenoxy) is 1. The van der Waals surface area contributed by atoms with Gasteiger partial charge in [0.1, 0.15) is 0 Å². The van der Waals surface area contributed by atoms with E-state index in [2.05, 4.69) is 22.2 Å². The Hall–Kier alpha value is -1.16. The zero-order valence-corrected chi connectivity index (χ0v) is 10.5. The second-order valence-corrected chi connectivity index (χ2v) is 4.59. The molecule has 1 heterocycles. The van der Waals surface area contributed by atoms with Gasteiger partial charge < -0.3 is 10.1 Å². The second kappa shape index (κ2) is 6.55. The molecule has 1 saturated carbocycles. The van der Waals surface area contributed by atoms with Gasteiger partial charge in [-0.3, -0.25) is 4.98 Å². The molecule has 1 N–H and O–H groups in total. The van der Waals surface area contributed by atoms with E-state index in [1.165, 1.54) is 25.7 Å². The van der Waals surface area contributed by atoms with Crippen molar-refractivity contribution in [2.75, 3.05) is 13.2 Å². The number of nitrogens with zero attached hydrogens (tertiary/aromatic N) is 2. The van der Waals surface area contributed by atoms with Crippen molar-refractivity contribution in [2.24, 2.45) is 5.92 Å². The largest absolute Gasteiger partial charge is 0.476 e. The number of hydrogen-bond acceptors (Lipinski definition) is 4. The van der Waals surface area contributed by atoms with Crippen LogP contribution >= 0.6 is 0 Å². The zero-order valence-electron chi connectivity index (χ0n) is 10.5. The third-order valence-corrected chi connectivity index (χ3v) is 3.16. The van der Waals surface area contributed by atoms with E-state index in [0.29, 0.717) is 11.8 Å². The second-order valence-electron chi connectivity index (χ2n) is 4.59. The van der Waals surface area contributed by atoms with Crippen LogP contribution in [0, 0.1) is 5.92 Å². The lowest BCUT2D eigenvalue weighted by Gasteiger charge is -2.10. The summed E-state index contributed by atoms with van der Waals surface area (Å²) >= 11 is 0. The van der Waals surface area contributed by atoms with E-state index in [9.17, 15) is 0 Å². The molecule has 0 aliphatic heterocycles. The molecule has 17 heavy (non-hydrogen) atoms. The average Bonchev–Trinajstić information content (AvgIpc) is 2.87. The van der Waals surface area contributed by atoms with E-state index < -0.39 is 0 Å². The molecule has 0 aromatic carbocycles. The SMILES string of the molecule is CCNCc1cncc(OCC2CCCC2)n1. The maximum absolute atomic E-state index is 5.71. The molecule has 0 unspecified atom stereocenters. The normalized spacial score (nSPS) is 16.3. The van der Waals surface area contributed by atoms with Crippen LogP contribution in [0.25, 0.3) is 0 Å². The first-order valence-electron chi connectivity index (χ1n) is 6.53. The molecule has 1 fully saturated rings. The first-order valence-corrected chi connectivity index (χ1v) is 6.53. The molecule has 1 aliphatic rings. The van der Waals surface area contributed by atoms with Crippen molar-refractivity contribution in [1.82, 2.24) is 15.3 Å². The highest BCUT2D eigenvalue weighted by Gasteiger charge is 2.15. The van der Waals surface area contributed by atoms with Crippen molar-refractivity contribution >= 4 is 0 Å². The van der Waals surface area contributed by atoms with E-state index in [0.717, 1.165) is 25.4 Å². The molecular weight excluding hydrogens is 214 g/mol. The Morgan fingerprint density at radius 1 is 1.35 bits per heavy atom. The number of rotatable bonds is 6. The van der Waals surface area contributed by atoms with Crippen LogP contribution < -0.4 is 10.1 Å². The Labute approximate surface area is 103 Å². The van der Waals surface area contributed by atoms with Crippen molar-refractivity contribution in [3.8, 4) is 5.88 Å². The molecule has 94 valence electrons. The standard InChI is InChI=1S/C13H21N3O/c1-2-14-7-12-8-15-9-13(16-12)17-10-11-5-3-4-6-11/h8-9,11,14H,2-7,10H2,1H3. The molecule has 0 saturated heterocycles. The van der Waals surface area contributed by atoms with Gasteiger partial charge in [-0.15, -0.1) is 0 Å². The minimum Gasteiger partial charge on any atom is -0.476 e. The summed E-state index contributed by atoms with van der Waals surface area (Å²) in [7, 11) is 0. The molecule has 0 amide bonds. The molecular formula is C13H21N3O. The molecule has 1 aromatic rings. The van der Waals surface area contributed by atoms with Crippen molar-refractivity contribution in [3.05, 3.63) is 18.1 Å². The van der Waals surface area contributed by atoms with Gasteiger partial charge in [0.05, 0.1) is 18.5 Å². The van der Waals surface area contributed by atoms with Crippen molar-refractivity contribution < 1.29 is 4.74 Å². The Kier molecular flexibility index (Phi) is 4.74. The van der Waals surface area contributed by atoms with Gasteiger partial charge in [0.2, 0.25) is 5.88 Å². The Bertz CT molecular complexity index is 337. The first kappa shape index (κ1) is 12.3. The highest BCUT2D eigenvalue weighted by Crippen LogP contribution is 2.25. The van der Waals surface area contributed by atoms with Gasteiger partial charge in [-0.1, -0.05) is 19.8 Å². The summed E-state index contributed by atoms with van der Waals surface area (Å²) in [6, 6.07) is 0. The Balaban J connectivity index is 1.82. The average molecular weight is 235 g/mol. The van der Waals surface area contributed by atoms with Crippen LogP contribution in [0.4, 0.5) is 0 Å². The van der Waals surface area contributed by atoms with Crippen LogP contribution in [-0.4, -0.2) is 23.1 Å². The smallest absolute Gasteiger partial charge is 0.232 e. The monoisotopic (exact) mass is 235 g/mol. The van der Waals surface area contributed by atoms with Gasteiger partial charge in [0.25, 0.3) is 0 Å². The summed E-state index contributed by atoms with van der Waals surface area (Å²) in [5.74, 6) is 1.38. The Morgan fingerprint density at radius 3 is 2.94 bits per heavy atom. The lowest BCUT2D eigenvalue weighted by Crippen LogP contribution is -2.14. The summed E-state index contributed by atoms with van der Waals surface area (Å²) in [6.45, 7) is 4.56. The summed E-state index contributed by atoms with van der Waals surface area (Å²) in [6.07, 6.45) is 8.77. The fourth-order valence-corrected chi connectivity index (χ4v) is 2.17.